The zero-order chi connectivity index (χ0) is 12.0. The number of benzene rings is 1. The lowest BCUT2D eigenvalue weighted by Gasteiger charge is -2.08. The van der Waals surface area contributed by atoms with Crippen LogP contribution in [0.15, 0.2) is 29.2 Å². The van der Waals surface area contributed by atoms with E-state index in [1.165, 1.54) is 6.07 Å². The highest BCUT2D eigenvalue weighted by Crippen LogP contribution is 2.16. The first-order valence-corrected chi connectivity index (χ1v) is 6.39. The number of nitrogens with one attached hydrogen (secondary N) is 1. The molecule has 1 aromatic carbocycles. The van der Waals surface area contributed by atoms with Gasteiger partial charge in [-0.05, 0) is 18.6 Å². The molecule has 0 aliphatic heterocycles. The van der Waals surface area contributed by atoms with E-state index in [2.05, 4.69) is 4.72 Å². The second-order valence-electron chi connectivity index (χ2n) is 3.28. The third-order valence-corrected chi connectivity index (χ3v) is 3.56. The van der Waals surface area contributed by atoms with Crippen LogP contribution in [0.5, 0.6) is 0 Å². The third-order valence-electron chi connectivity index (χ3n) is 2.03. The van der Waals surface area contributed by atoms with Crippen LogP contribution < -0.4 is 10.5 Å². The van der Waals surface area contributed by atoms with Gasteiger partial charge in [0.25, 0.3) is 0 Å². The van der Waals surface area contributed by atoms with Crippen molar-refractivity contribution in [2.24, 2.45) is 0 Å². The summed E-state index contributed by atoms with van der Waals surface area (Å²) >= 11 is 0. The number of ether oxygens (including phenoxy) is 1. The Kier molecular flexibility index (Phi) is 4.72. The van der Waals surface area contributed by atoms with Gasteiger partial charge in [0, 0.05) is 20.3 Å². The summed E-state index contributed by atoms with van der Waals surface area (Å²) in [5.41, 5.74) is 5.84. The summed E-state index contributed by atoms with van der Waals surface area (Å²) in [5, 5.41) is 0. The molecule has 0 heterocycles. The van der Waals surface area contributed by atoms with Crippen LogP contribution >= 0.6 is 0 Å². The lowest BCUT2D eigenvalue weighted by atomic mass is 10.3. The standard InChI is InChI=1S/C10H16N2O3S/c1-15-8-4-7-12-16(13,14)10-6-3-2-5-9(10)11/h2-3,5-6,12H,4,7-8,11H2,1H3. The van der Waals surface area contributed by atoms with Crippen molar-refractivity contribution in [1.82, 2.24) is 4.72 Å². The van der Waals surface area contributed by atoms with Crippen LogP contribution in [0.4, 0.5) is 5.69 Å². The number of hydrogen-bond donors (Lipinski definition) is 2. The van der Waals surface area contributed by atoms with Crippen LogP contribution in [0.25, 0.3) is 0 Å². The summed E-state index contributed by atoms with van der Waals surface area (Å²) in [5.74, 6) is 0. The maximum absolute atomic E-state index is 11.8. The van der Waals surface area contributed by atoms with Crippen molar-refractivity contribution in [3.63, 3.8) is 0 Å². The Morgan fingerprint density at radius 3 is 2.69 bits per heavy atom. The minimum Gasteiger partial charge on any atom is -0.398 e. The van der Waals surface area contributed by atoms with E-state index in [4.69, 9.17) is 10.5 Å². The first kappa shape index (κ1) is 13.0. The number of nitrogens with two attached hydrogens (primary N) is 1. The largest absolute Gasteiger partial charge is 0.398 e. The molecule has 1 rings (SSSR count). The minimum absolute atomic E-state index is 0.118. The molecule has 1 aromatic rings. The van der Waals surface area contributed by atoms with Gasteiger partial charge < -0.3 is 10.5 Å². The molecule has 0 saturated carbocycles. The molecule has 0 aliphatic rings. The normalized spacial score (nSPS) is 11.6. The van der Waals surface area contributed by atoms with Gasteiger partial charge in [-0.1, -0.05) is 12.1 Å². The van der Waals surface area contributed by atoms with Crippen molar-refractivity contribution in [2.75, 3.05) is 26.0 Å². The molecule has 16 heavy (non-hydrogen) atoms. The molecular formula is C10H16N2O3S. The number of para-hydroxylation sites is 1. The predicted molar refractivity (Wildman–Crippen MR) is 62.5 cm³/mol. The van der Waals surface area contributed by atoms with Gasteiger partial charge in [0.1, 0.15) is 4.90 Å². The molecule has 0 fully saturated rings. The van der Waals surface area contributed by atoms with E-state index in [9.17, 15) is 8.42 Å². The average molecular weight is 244 g/mol. The van der Waals surface area contributed by atoms with E-state index >= 15 is 0 Å². The highest BCUT2D eigenvalue weighted by Gasteiger charge is 2.15. The molecule has 90 valence electrons. The van der Waals surface area contributed by atoms with Gasteiger partial charge in [-0.2, -0.15) is 0 Å². The van der Waals surface area contributed by atoms with Crippen molar-refractivity contribution in [3.05, 3.63) is 24.3 Å². The van der Waals surface area contributed by atoms with Gasteiger partial charge in [-0.3, -0.25) is 0 Å². The van der Waals surface area contributed by atoms with Gasteiger partial charge in [-0.15, -0.1) is 0 Å². The van der Waals surface area contributed by atoms with E-state index in [0.29, 0.717) is 19.6 Å². The summed E-state index contributed by atoms with van der Waals surface area (Å²) in [6.45, 7) is 0.858. The van der Waals surface area contributed by atoms with Crippen molar-refractivity contribution in [1.29, 1.82) is 0 Å². The molecule has 0 unspecified atom stereocenters. The Labute approximate surface area is 95.7 Å². The highest BCUT2D eigenvalue weighted by molar-refractivity contribution is 7.89. The zero-order valence-electron chi connectivity index (χ0n) is 9.14. The monoisotopic (exact) mass is 244 g/mol. The average Bonchev–Trinajstić information content (AvgIpc) is 2.25. The third kappa shape index (κ3) is 3.48. The fraction of sp³-hybridized carbons (Fsp3) is 0.400. The zero-order valence-corrected chi connectivity index (χ0v) is 9.96. The molecule has 3 N–H and O–H groups in total. The number of hydrogen-bond acceptors (Lipinski definition) is 4. The molecule has 0 aliphatic carbocycles. The van der Waals surface area contributed by atoms with Crippen LogP contribution in [0.2, 0.25) is 0 Å². The number of rotatable bonds is 6. The Hall–Kier alpha value is -1.11. The fourth-order valence-electron chi connectivity index (χ4n) is 1.23. The Morgan fingerprint density at radius 1 is 1.38 bits per heavy atom. The molecule has 0 amide bonds. The van der Waals surface area contributed by atoms with Crippen molar-refractivity contribution in [3.8, 4) is 0 Å². The molecule has 0 bridgehead atoms. The topological polar surface area (TPSA) is 81.4 Å². The van der Waals surface area contributed by atoms with Gasteiger partial charge >= 0.3 is 0 Å². The van der Waals surface area contributed by atoms with E-state index in [-0.39, 0.29) is 10.6 Å². The lowest BCUT2D eigenvalue weighted by molar-refractivity contribution is 0.196. The fourth-order valence-corrected chi connectivity index (χ4v) is 2.43. The molecule has 0 aromatic heterocycles. The molecule has 5 nitrogen and oxygen atoms in total. The number of nitrogen functional groups attached to an aromatic ring is 1. The van der Waals surface area contributed by atoms with Crippen molar-refractivity contribution >= 4 is 15.7 Å². The Balaban J connectivity index is 2.68. The van der Waals surface area contributed by atoms with Crippen LogP contribution in [0.1, 0.15) is 6.42 Å². The molecule has 0 spiro atoms. The quantitative estimate of drug-likeness (QED) is 0.566. The summed E-state index contributed by atoms with van der Waals surface area (Å²) in [6, 6.07) is 6.37. The molecule has 0 radical (unpaired) electrons. The molecule has 0 saturated heterocycles. The second-order valence-corrected chi connectivity index (χ2v) is 5.02. The summed E-state index contributed by atoms with van der Waals surface area (Å²) < 4.78 is 30.9. The van der Waals surface area contributed by atoms with Gasteiger partial charge in [0.2, 0.25) is 10.0 Å². The van der Waals surface area contributed by atoms with Gasteiger partial charge in [0.15, 0.2) is 0 Å². The Morgan fingerprint density at radius 2 is 2.06 bits per heavy atom. The molecule has 0 atom stereocenters. The molecular weight excluding hydrogens is 228 g/mol. The van der Waals surface area contributed by atoms with Crippen molar-refractivity contribution in [2.45, 2.75) is 11.3 Å². The number of methoxy groups -OCH3 is 1. The van der Waals surface area contributed by atoms with Crippen molar-refractivity contribution < 1.29 is 13.2 Å². The summed E-state index contributed by atoms with van der Waals surface area (Å²) in [6.07, 6.45) is 0.627. The minimum atomic E-state index is -3.50. The van der Waals surface area contributed by atoms with E-state index in [1.807, 2.05) is 0 Å². The summed E-state index contributed by atoms with van der Waals surface area (Å²) in [4.78, 5) is 0.118. The summed E-state index contributed by atoms with van der Waals surface area (Å²) in [7, 11) is -1.93. The lowest BCUT2D eigenvalue weighted by Crippen LogP contribution is -2.26. The second kappa shape index (κ2) is 5.83. The van der Waals surface area contributed by atoms with Crippen LogP contribution in [0.3, 0.4) is 0 Å². The maximum Gasteiger partial charge on any atom is 0.242 e. The van der Waals surface area contributed by atoms with Crippen LogP contribution in [0, 0.1) is 0 Å². The van der Waals surface area contributed by atoms with Gasteiger partial charge in [-0.25, -0.2) is 13.1 Å². The highest BCUT2D eigenvalue weighted by atomic mass is 32.2. The smallest absolute Gasteiger partial charge is 0.242 e. The first-order chi connectivity index (χ1) is 7.58. The first-order valence-electron chi connectivity index (χ1n) is 4.91. The number of anilines is 1. The van der Waals surface area contributed by atoms with Gasteiger partial charge in [0.05, 0.1) is 5.69 Å². The maximum atomic E-state index is 11.8. The van der Waals surface area contributed by atoms with Crippen LogP contribution in [-0.4, -0.2) is 28.7 Å². The van der Waals surface area contributed by atoms with E-state index < -0.39 is 10.0 Å². The van der Waals surface area contributed by atoms with E-state index in [0.717, 1.165) is 0 Å². The van der Waals surface area contributed by atoms with E-state index in [1.54, 1.807) is 25.3 Å². The molecule has 6 heteroatoms. The number of sulfonamides is 1. The van der Waals surface area contributed by atoms with Crippen LogP contribution in [-0.2, 0) is 14.8 Å². The Bertz CT molecular complexity index is 431. The predicted octanol–water partition coefficient (Wildman–Crippen LogP) is 0.584. The SMILES string of the molecule is COCCCNS(=O)(=O)c1ccccc1N.